The van der Waals surface area contributed by atoms with Crippen LogP contribution in [0.25, 0.3) is 0 Å². The highest BCUT2D eigenvalue weighted by Gasteiger charge is 2.46. The van der Waals surface area contributed by atoms with Gasteiger partial charge in [0.05, 0.1) is 10.6 Å². The smallest absolute Gasteiger partial charge is 0.240 e. The third kappa shape index (κ3) is 5.02. The molecule has 4 nitrogen and oxygen atoms in total. The topological polar surface area (TPSA) is 61.4 Å². The standard InChI is InChI=1S/C21H30ClFN2O2S/c1-12-7-13-8-14(11-21(4,27)10-13)18(12)24-19(26)20(2,3)25-28-17-6-5-15(23)9-16(17)22/h5-6,9,12-14,18,25,27H,7-8,10-11H2,1-4H3,(H,24,26). The molecule has 0 spiro atoms. The minimum absolute atomic E-state index is 0.0657. The Morgan fingerprint density at radius 1 is 1.36 bits per heavy atom. The number of hydrogen-bond acceptors (Lipinski definition) is 4. The molecule has 2 saturated carbocycles. The third-order valence-electron chi connectivity index (χ3n) is 6.07. The van der Waals surface area contributed by atoms with Crippen LogP contribution in [-0.4, -0.2) is 28.2 Å². The molecule has 2 fully saturated rings. The summed E-state index contributed by atoms with van der Waals surface area (Å²) in [5.74, 6) is 0.757. The average Bonchev–Trinajstić information content (AvgIpc) is 2.56. The van der Waals surface area contributed by atoms with Gasteiger partial charge in [0, 0.05) is 10.9 Å². The molecule has 2 bridgehead atoms. The number of carbonyl (C=O) groups excluding carboxylic acids is 1. The van der Waals surface area contributed by atoms with Gasteiger partial charge >= 0.3 is 0 Å². The molecule has 2 aliphatic rings. The van der Waals surface area contributed by atoms with Gasteiger partial charge in [0.1, 0.15) is 11.4 Å². The summed E-state index contributed by atoms with van der Waals surface area (Å²) in [5, 5.41) is 14.1. The highest BCUT2D eigenvalue weighted by atomic mass is 35.5. The molecule has 7 heteroatoms. The van der Waals surface area contributed by atoms with E-state index in [1.807, 2.05) is 20.8 Å². The van der Waals surface area contributed by atoms with E-state index < -0.39 is 11.1 Å². The normalized spacial score (nSPS) is 32.8. The van der Waals surface area contributed by atoms with Crippen LogP contribution in [0.15, 0.2) is 23.1 Å². The third-order valence-corrected chi connectivity index (χ3v) is 7.68. The van der Waals surface area contributed by atoms with Crippen molar-refractivity contribution in [2.45, 2.75) is 75.5 Å². The predicted octanol–water partition coefficient (Wildman–Crippen LogP) is 4.55. The lowest BCUT2D eigenvalue weighted by Crippen LogP contribution is -2.59. The summed E-state index contributed by atoms with van der Waals surface area (Å²) in [7, 11) is 0. The predicted molar refractivity (Wildman–Crippen MR) is 112 cm³/mol. The number of hydrogen-bond donors (Lipinski definition) is 3. The second-order valence-electron chi connectivity index (χ2n) is 9.38. The first-order valence-corrected chi connectivity index (χ1v) is 11.1. The van der Waals surface area contributed by atoms with E-state index in [0.717, 1.165) is 25.7 Å². The molecule has 5 atom stereocenters. The number of amides is 1. The minimum Gasteiger partial charge on any atom is -0.390 e. The largest absolute Gasteiger partial charge is 0.390 e. The number of carbonyl (C=O) groups is 1. The Labute approximate surface area is 176 Å². The number of fused-ring (bicyclic) bond motifs is 2. The Balaban J connectivity index is 1.63. The van der Waals surface area contributed by atoms with Crippen molar-refractivity contribution in [3.63, 3.8) is 0 Å². The molecule has 0 aliphatic heterocycles. The van der Waals surface area contributed by atoms with E-state index in [0.29, 0.717) is 27.7 Å². The van der Waals surface area contributed by atoms with Crippen molar-refractivity contribution in [1.29, 1.82) is 0 Å². The maximum absolute atomic E-state index is 13.2. The van der Waals surface area contributed by atoms with E-state index in [1.165, 1.54) is 24.1 Å². The highest BCUT2D eigenvalue weighted by Crippen LogP contribution is 2.46. The summed E-state index contributed by atoms with van der Waals surface area (Å²) >= 11 is 7.29. The molecule has 2 aliphatic carbocycles. The Morgan fingerprint density at radius 3 is 2.75 bits per heavy atom. The Bertz CT molecular complexity index is 741. The van der Waals surface area contributed by atoms with Crippen LogP contribution in [-0.2, 0) is 4.79 Å². The fourth-order valence-corrected chi connectivity index (χ4v) is 5.87. The zero-order valence-electron chi connectivity index (χ0n) is 16.9. The summed E-state index contributed by atoms with van der Waals surface area (Å²) in [6.45, 7) is 7.74. The van der Waals surface area contributed by atoms with Crippen LogP contribution >= 0.6 is 23.5 Å². The molecule has 28 heavy (non-hydrogen) atoms. The quantitative estimate of drug-likeness (QED) is 0.602. The van der Waals surface area contributed by atoms with Crippen molar-refractivity contribution in [2.24, 2.45) is 17.8 Å². The van der Waals surface area contributed by atoms with Crippen molar-refractivity contribution in [2.75, 3.05) is 0 Å². The summed E-state index contributed by atoms with van der Waals surface area (Å²) in [6.07, 6.45) is 3.69. The number of nitrogens with one attached hydrogen (secondary N) is 2. The van der Waals surface area contributed by atoms with Crippen LogP contribution in [0.1, 0.15) is 53.4 Å². The second kappa shape index (κ2) is 8.13. The molecule has 5 unspecified atom stereocenters. The second-order valence-corrected chi connectivity index (χ2v) is 10.6. The first kappa shape index (κ1) is 21.9. The van der Waals surface area contributed by atoms with E-state index in [1.54, 1.807) is 6.07 Å². The van der Waals surface area contributed by atoms with Gasteiger partial charge in [0.25, 0.3) is 0 Å². The van der Waals surface area contributed by atoms with Gasteiger partial charge in [-0.25, -0.2) is 9.11 Å². The van der Waals surface area contributed by atoms with Crippen LogP contribution in [0.5, 0.6) is 0 Å². The molecule has 1 aromatic rings. The first-order chi connectivity index (χ1) is 13.0. The van der Waals surface area contributed by atoms with E-state index >= 15 is 0 Å². The Hall–Kier alpha value is -0.820. The monoisotopic (exact) mass is 428 g/mol. The van der Waals surface area contributed by atoms with Crippen molar-refractivity contribution in [1.82, 2.24) is 10.0 Å². The van der Waals surface area contributed by atoms with Gasteiger partial charge in [0.15, 0.2) is 0 Å². The van der Waals surface area contributed by atoms with Crippen LogP contribution in [0, 0.1) is 23.6 Å². The number of rotatable bonds is 5. The van der Waals surface area contributed by atoms with Crippen molar-refractivity contribution in [3.8, 4) is 0 Å². The number of halogens is 2. The van der Waals surface area contributed by atoms with Gasteiger partial charge in [0.2, 0.25) is 5.91 Å². The molecule has 3 N–H and O–H groups in total. The van der Waals surface area contributed by atoms with E-state index in [4.69, 9.17) is 11.6 Å². The zero-order valence-corrected chi connectivity index (χ0v) is 18.5. The van der Waals surface area contributed by atoms with E-state index in [-0.39, 0.29) is 17.8 Å². The number of benzene rings is 1. The number of aliphatic hydroxyl groups is 1. The molecule has 0 radical (unpaired) electrons. The average molecular weight is 429 g/mol. The van der Waals surface area contributed by atoms with E-state index in [2.05, 4.69) is 17.0 Å². The van der Waals surface area contributed by atoms with Crippen molar-refractivity contribution in [3.05, 3.63) is 29.0 Å². The van der Waals surface area contributed by atoms with Gasteiger partial charge < -0.3 is 10.4 Å². The molecular weight excluding hydrogens is 399 g/mol. The summed E-state index contributed by atoms with van der Waals surface area (Å²) in [6, 6.07) is 4.26. The maximum Gasteiger partial charge on any atom is 0.240 e. The first-order valence-electron chi connectivity index (χ1n) is 9.89. The van der Waals surface area contributed by atoms with Crippen molar-refractivity contribution >= 4 is 29.5 Å². The lowest BCUT2D eigenvalue weighted by atomic mass is 9.61. The molecule has 0 saturated heterocycles. The highest BCUT2D eigenvalue weighted by molar-refractivity contribution is 7.97. The van der Waals surface area contributed by atoms with Crippen LogP contribution < -0.4 is 10.0 Å². The summed E-state index contributed by atoms with van der Waals surface area (Å²) in [4.78, 5) is 13.7. The molecule has 0 heterocycles. The zero-order chi connectivity index (χ0) is 20.7. The van der Waals surface area contributed by atoms with Crippen molar-refractivity contribution < 1.29 is 14.3 Å². The van der Waals surface area contributed by atoms with Crippen LogP contribution in [0.2, 0.25) is 5.02 Å². The lowest BCUT2D eigenvalue weighted by molar-refractivity contribution is -0.129. The van der Waals surface area contributed by atoms with E-state index in [9.17, 15) is 14.3 Å². The molecular formula is C21H30ClFN2O2S. The van der Waals surface area contributed by atoms with Crippen LogP contribution in [0.4, 0.5) is 4.39 Å². The SMILES string of the molecule is CC1CC2CC(CC(C)(O)C2)C1NC(=O)C(C)(C)NSc1ccc(F)cc1Cl. The minimum atomic E-state index is -0.837. The van der Waals surface area contributed by atoms with Gasteiger partial charge in [-0.05, 0) is 94.4 Å². The maximum atomic E-state index is 13.2. The molecule has 156 valence electrons. The summed E-state index contributed by atoms with van der Waals surface area (Å²) in [5.41, 5.74) is -1.48. The molecule has 3 rings (SSSR count). The van der Waals surface area contributed by atoms with Gasteiger partial charge in [-0.3, -0.25) is 4.79 Å². The fraction of sp³-hybridized carbons (Fsp3) is 0.667. The molecule has 1 aromatic carbocycles. The lowest BCUT2D eigenvalue weighted by Gasteiger charge is -2.49. The van der Waals surface area contributed by atoms with Gasteiger partial charge in [-0.15, -0.1) is 0 Å². The fourth-order valence-electron chi connectivity index (χ4n) is 4.83. The Morgan fingerprint density at radius 2 is 2.07 bits per heavy atom. The van der Waals surface area contributed by atoms with Gasteiger partial charge in [-0.1, -0.05) is 18.5 Å². The van der Waals surface area contributed by atoms with Gasteiger partial charge in [-0.2, -0.15) is 0 Å². The molecule has 1 amide bonds. The Kier molecular flexibility index (Phi) is 6.35. The molecule has 0 aromatic heterocycles. The van der Waals surface area contributed by atoms with Crippen LogP contribution in [0.3, 0.4) is 0 Å². The summed E-state index contributed by atoms with van der Waals surface area (Å²) < 4.78 is 16.4.